The molecule has 0 radical (unpaired) electrons. The number of hydrogen-bond donors (Lipinski definition) is 2. The third-order valence-corrected chi connectivity index (χ3v) is 5.43. The van der Waals surface area contributed by atoms with Gasteiger partial charge in [-0.05, 0) is 63.1 Å². The van der Waals surface area contributed by atoms with Gasteiger partial charge in [-0.3, -0.25) is 5.32 Å². The predicted molar refractivity (Wildman–Crippen MR) is 130 cm³/mol. The first-order valence-corrected chi connectivity index (χ1v) is 11.4. The summed E-state index contributed by atoms with van der Waals surface area (Å²) in [6.07, 6.45) is 3.55. The van der Waals surface area contributed by atoms with Gasteiger partial charge in [0.25, 0.3) is 0 Å². The third-order valence-electron chi connectivity index (χ3n) is 5.43. The number of nitrogens with one attached hydrogen (secondary N) is 2. The second kappa shape index (κ2) is 10.9. The van der Waals surface area contributed by atoms with Crippen LogP contribution in [0.1, 0.15) is 52.5 Å². The van der Waals surface area contributed by atoms with E-state index < -0.39 is 0 Å². The molecule has 0 fully saturated rings. The normalized spacial score (nSPS) is 12.0. The molecule has 0 amide bonds. The van der Waals surface area contributed by atoms with Crippen molar-refractivity contribution in [3.05, 3.63) is 48.0 Å². The Balaban J connectivity index is 1.95. The minimum atomic E-state index is 0.204. The van der Waals surface area contributed by atoms with Crippen LogP contribution in [0, 0.1) is 11.3 Å². The highest BCUT2D eigenvalue weighted by Crippen LogP contribution is 2.36. The number of unbranched alkanes of at least 4 members (excludes halogenated alkanes) is 1. The smallest absolute Gasteiger partial charge is 0.121 e. The molecular formula is C26H34N4O. The maximum absolute atomic E-state index is 9.99. The lowest BCUT2D eigenvalue weighted by molar-refractivity contribution is 0.340. The Hall–Kier alpha value is -2.97. The number of anilines is 1. The molecule has 0 aliphatic carbocycles. The molecule has 3 rings (SSSR count). The number of benzene rings is 2. The van der Waals surface area contributed by atoms with Gasteiger partial charge in [0.05, 0.1) is 29.5 Å². The van der Waals surface area contributed by atoms with E-state index in [1.54, 1.807) is 0 Å². The van der Waals surface area contributed by atoms with Crippen molar-refractivity contribution in [1.29, 1.82) is 5.26 Å². The van der Waals surface area contributed by atoms with E-state index in [2.05, 4.69) is 72.4 Å². The molecule has 5 heteroatoms. The highest BCUT2D eigenvalue weighted by molar-refractivity contribution is 5.95. The quantitative estimate of drug-likeness (QED) is 0.290. The first-order valence-electron chi connectivity index (χ1n) is 11.4. The van der Waals surface area contributed by atoms with Crippen molar-refractivity contribution in [2.75, 3.05) is 18.5 Å². The average Bonchev–Trinajstić information content (AvgIpc) is 3.08. The first-order chi connectivity index (χ1) is 15.1. The van der Waals surface area contributed by atoms with Gasteiger partial charge >= 0.3 is 0 Å². The number of hydrogen-bond acceptors (Lipinski definition) is 4. The van der Waals surface area contributed by atoms with E-state index >= 15 is 0 Å². The van der Waals surface area contributed by atoms with Crippen molar-refractivity contribution in [3.8, 4) is 23.1 Å². The number of aryl methyl sites for hydroxylation is 1. The fourth-order valence-electron chi connectivity index (χ4n) is 3.98. The zero-order valence-electron chi connectivity index (χ0n) is 19.2. The maximum atomic E-state index is 9.99. The van der Waals surface area contributed by atoms with E-state index in [1.807, 2.05) is 19.1 Å². The summed E-state index contributed by atoms with van der Waals surface area (Å²) in [7, 11) is 0. The summed E-state index contributed by atoms with van der Waals surface area (Å²) in [5.74, 6) is 0.838. The minimum absolute atomic E-state index is 0.204. The van der Waals surface area contributed by atoms with Crippen LogP contribution in [0.5, 0.6) is 5.75 Å². The number of rotatable bonds is 11. The molecule has 2 N–H and O–H groups in total. The molecule has 1 aromatic heterocycles. The Morgan fingerprint density at radius 3 is 2.48 bits per heavy atom. The van der Waals surface area contributed by atoms with E-state index in [1.165, 1.54) is 12.8 Å². The molecule has 5 nitrogen and oxygen atoms in total. The summed E-state index contributed by atoms with van der Waals surface area (Å²) >= 11 is 0. The molecule has 1 unspecified atom stereocenters. The second-order valence-electron chi connectivity index (χ2n) is 7.85. The van der Waals surface area contributed by atoms with Crippen molar-refractivity contribution < 1.29 is 4.74 Å². The Morgan fingerprint density at radius 1 is 1.06 bits per heavy atom. The number of nitrogens with zero attached hydrogens (tertiary/aromatic N) is 2. The molecule has 164 valence electrons. The van der Waals surface area contributed by atoms with Gasteiger partial charge in [0.1, 0.15) is 11.8 Å². The van der Waals surface area contributed by atoms with Crippen molar-refractivity contribution in [2.24, 2.45) is 0 Å². The molecule has 0 saturated carbocycles. The highest BCUT2D eigenvalue weighted by Gasteiger charge is 2.19. The summed E-state index contributed by atoms with van der Waals surface area (Å²) in [5.41, 5.74) is 4.87. The van der Waals surface area contributed by atoms with Gasteiger partial charge < -0.3 is 14.6 Å². The third kappa shape index (κ3) is 5.21. The van der Waals surface area contributed by atoms with Crippen LogP contribution in [0.25, 0.3) is 22.2 Å². The SMILES string of the molecule is CCCCNC(C)Nc1ccc(-c2c(C#N)c3ccc(OCC)cc3n2CCC)cc1. The summed E-state index contributed by atoms with van der Waals surface area (Å²) in [4.78, 5) is 0. The fourth-order valence-corrected chi connectivity index (χ4v) is 3.98. The molecule has 31 heavy (non-hydrogen) atoms. The molecule has 0 spiro atoms. The maximum Gasteiger partial charge on any atom is 0.121 e. The van der Waals surface area contributed by atoms with Crippen LogP contribution >= 0.6 is 0 Å². The Morgan fingerprint density at radius 2 is 1.84 bits per heavy atom. The molecule has 0 aliphatic heterocycles. The van der Waals surface area contributed by atoms with E-state index in [4.69, 9.17) is 4.74 Å². The molecule has 0 saturated heterocycles. The first kappa shape index (κ1) is 22.7. The monoisotopic (exact) mass is 418 g/mol. The average molecular weight is 419 g/mol. The number of ether oxygens (including phenoxy) is 1. The van der Waals surface area contributed by atoms with Crippen molar-refractivity contribution in [2.45, 2.75) is 59.7 Å². The van der Waals surface area contributed by atoms with Gasteiger partial charge in [0, 0.05) is 23.7 Å². The molecule has 0 aliphatic rings. The van der Waals surface area contributed by atoms with Crippen molar-refractivity contribution >= 4 is 16.6 Å². The molecule has 2 aromatic carbocycles. The van der Waals surface area contributed by atoms with Crippen LogP contribution in [-0.2, 0) is 6.54 Å². The summed E-state index contributed by atoms with van der Waals surface area (Å²) in [6, 6.07) is 16.9. The largest absolute Gasteiger partial charge is 0.494 e. The van der Waals surface area contributed by atoms with Crippen LogP contribution in [0.4, 0.5) is 5.69 Å². The Labute approximate surface area is 186 Å². The molecule has 0 bridgehead atoms. The van der Waals surface area contributed by atoms with Crippen LogP contribution < -0.4 is 15.4 Å². The van der Waals surface area contributed by atoms with Crippen LogP contribution in [0.2, 0.25) is 0 Å². The minimum Gasteiger partial charge on any atom is -0.494 e. The summed E-state index contributed by atoms with van der Waals surface area (Å²) in [5, 5.41) is 18.0. The van der Waals surface area contributed by atoms with Crippen LogP contribution in [0.3, 0.4) is 0 Å². The lowest BCUT2D eigenvalue weighted by atomic mass is 10.1. The van der Waals surface area contributed by atoms with E-state index in [9.17, 15) is 5.26 Å². The zero-order chi connectivity index (χ0) is 22.2. The molecular weight excluding hydrogens is 384 g/mol. The van der Waals surface area contributed by atoms with Crippen molar-refractivity contribution in [3.63, 3.8) is 0 Å². The highest BCUT2D eigenvalue weighted by atomic mass is 16.5. The predicted octanol–water partition coefficient (Wildman–Crippen LogP) is 6.14. The van der Waals surface area contributed by atoms with E-state index in [0.29, 0.717) is 6.61 Å². The lowest BCUT2D eigenvalue weighted by Crippen LogP contribution is -2.33. The molecule has 1 atom stereocenters. The lowest BCUT2D eigenvalue weighted by Gasteiger charge is -2.17. The van der Waals surface area contributed by atoms with Gasteiger partial charge in [-0.15, -0.1) is 0 Å². The molecule has 1 heterocycles. The summed E-state index contributed by atoms with van der Waals surface area (Å²) < 4.78 is 7.97. The standard InChI is InChI=1S/C26H34N4O/c1-5-8-15-28-19(4)29-21-11-9-20(10-12-21)26-24(18-27)23-14-13-22(31-7-3)17-25(23)30(26)16-6-2/h9-14,17,19,28-29H,5-8,15-16H2,1-4H3. The Kier molecular flexibility index (Phi) is 7.97. The zero-order valence-corrected chi connectivity index (χ0v) is 19.2. The Bertz CT molecular complexity index is 1030. The number of nitriles is 1. The summed E-state index contributed by atoms with van der Waals surface area (Å²) in [6.45, 7) is 11.0. The topological polar surface area (TPSA) is 62.0 Å². The van der Waals surface area contributed by atoms with E-state index in [0.717, 1.165) is 58.7 Å². The van der Waals surface area contributed by atoms with Gasteiger partial charge in [0.2, 0.25) is 0 Å². The van der Waals surface area contributed by atoms with Crippen LogP contribution in [0.15, 0.2) is 42.5 Å². The second-order valence-corrected chi connectivity index (χ2v) is 7.85. The number of aromatic nitrogens is 1. The van der Waals surface area contributed by atoms with Crippen molar-refractivity contribution in [1.82, 2.24) is 9.88 Å². The van der Waals surface area contributed by atoms with Gasteiger partial charge in [-0.2, -0.15) is 5.26 Å². The van der Waals surface area contributed by atoms with Gasteiger partial charge in [-0.25, -0.2) is 0 Å². The number of fused-ring (bicyclic) bond motifs is 1. The van der Waals surface area contributed by atoms with Crippen LogP contribution in [-0.4, -0.2) is 23.9 Å². The fraction of sp³-hybridized carbons (Fsp3) is 0.423. The van der Waals surface area contributed by atoms with E-state index in [-0.39, 0.29) is 6.17 Å². The molecule has 3 aromatic rings. The van der Waals surface area contributed by atoms with Gasteiger partial charge in [0.15, 0.2) is 0 Å². The van der Waals surface area contributed by atoms with Gasteiger partial charge in [-0.1, -0.05) is 32.4 Å².